The first-order chi connectivity index (χ1) is 8.13. The molecule has 0 amide bonds. The van der Waals surface area contributed by atoms with Crippen molar-refractivity contribution in [3.05, 3.63) is 33.8 Å². The van der Waals surface area contributed by atoms with E-state index in [2.05, 4.69) is 21.2 Å². The van der Waals surface area contributed by atoms with Crippen LogP contribution < -0.4 is 5.32 Å². The third kappa shape index (κ3) is 3.05. The van der Waals surface area contributed by atoms with Crippen molar-refractivity contribution in [1.29, 1.82) is 0 Å². The van der Waals surface area contributed by atoms with Gasteiger partial charge in [0.2, 0.25) is 0 Å². The van der Waals surface area contributed by atoms with Gasteiger partial charge in [0.1, 0.15) is 11.6 Å². The molecule has 1 nitrogen and oxygen atoms in total. The summed E-state index contributed by atoms with van der Waals surface area (Å²) in [7, 11) is 0. The van der Waals surface area contributed by atoms with Gasteiger partial charge in [-0.05, 0) is 46.9 Å². The molecular formula is C13H16BrF2N. The Balaban J connectivity index is 2.29. The Hall–Kier alpha value is -0.480. The molecule has 0 spiro atoms. The molecule has 1 aliphatic rings. The molecule has 0 aliphatic heterocycles. The van der Waals surface area contributed by atoms with Gasteiger partial charge in [-0.15, -0.1) is 0 Å². The van der Waals surface area contributed by atoms with Crippen LogP contribution in [0.3, 0.4) is 0 Å². The Labute approximate surface area is 109 Å². The molecule has 1 unspecified atom stereocenters. The minimum Gasteiger partial charge on any atom is -0.310 e. The third-order valence-corrected chi connectivity index (χ3v) is 3.76. The Morgan fingerprint density at radius 2 is 2.12 bits per heavy atom. The number of halogens is 3. The van der Waals surface area contributed by atoms with Gasteiger partial charge in [-0.2, -0.15) is 0 Å². The van der Waals surface area contributed by atoms with Gasteiger partial charge in [0.25, 0.3) is 0 Å². The van der Waals surface area contributed by atoms with E-state index in [4.69, 9.17) is 0 Å². The predicted octanol–water partition coefficient (Wildman–Crippen LogP) is 4.18. The summed E-state index contributed by atoms with van der Waals surface area (Å²) in [5.74, 6) is -0.314. The van der Waals surface area contributed by atoms with Crippen LogP contribution in [0.25, 0.3) is 0 Å². The standard InChI is InChI=1S/C13H16BrF2N/c1-2-17-11(7-8-3-4-8)12-10(15)6-5-9(14)13(12)16/h5-6,8,11,17H,2-4,7H2,1H3. The topological polar surface area (TPSA) is 12.0 Å². The molecule has 1 aliphatic carbocycles. The van der Waals surface area contributed by atoms with Crippen LogP contribution >= 0.6 is 15.9 Å². The monoisotopic (exact) mass is 303 g/mol. The first-order valence-electron chi connectivity index (χ1n) is 6.00. The second-order valence-electron chi connectivity index (χ2n) is 4.55. The SMILES string of the molecule is CCNC(CC1CC1)c1c(F)ccc(Br)c1F. The maximum absolute atomic E-state index is 14.0. The fourth-order valence-corrected chi connectivity index (χ4v) is 2.44. The second-order valence-corrected chi connectivity index (χ2v) is 5.40. The lowest BCUT2D eigenvalue weighted by Crippen LogP contribution is -2.23. The summed E-state index contributed by atoms with van der Waals surface area (Å²) in [6.07, 6.45) is 3.18. The minimum atomic E-state index is -0.475. The fraction of sp³-hybridized carbons (Fsp3) is 0.538. The Bertz CT molecular complexity index is 405. The number of nitrogens with one attached hydrogen (secondary N) is 1. The molecule has 1 saturated carbocycles. The van der Waals surface area contributed by atoms with Crippen LogP contribution in [0.2, 0.25) is 0 Å². The highest BCUT2D eigenvalue weighted by molar-refractivity contribution is 9.10. The number of rotatable bonds is 5. The molecular weight excluding hydrogens is 288 g/mol. The van der Waals surface area contributed by atoms with Crippen molar-refractivity contribution in [1.82, 2.24) is 5.32 Å². The lowest BCUT2D eigenvalue weighted by Gasteiger charge is -2.20. The van der Waals surface area contributed by atoms with Crippen LogP contribution in [0.4, 0.5) is 8.78 Å². The van der Waals surface area contributed by atoms with Crippen LogP contribution in [0, 0.1) is 17.6 Å². The molecule has 94 valence electrons. The molecule has 1 aromatic rings. The van der Waals surface area contributed by atoms with Gasteiger partial charge < -0.3 is 5.32 Å². The second kappa shape index (κ2) is 5.44. The Morgan fingerprint density at radius 1 is 1.41 bits per heavy atom. The summed E-state index contributed by atoms with van der Waals surface area (Å²) in [6, 6.07) is 2.51. The van der Waals surface area contributed by atoms with Crippen molar-refractivity contribution in [2.75, 3.05) is 6.54 Å². The zero-order valence-corrected chi connectivity index (χ0v) is 11.4. The van der Waals surface area contributed by atoms with Crippen molar-refractivity contribution < 1.29 is 8.78 Å². The molecule has 0 saturated heterocycles. The molecule has 1 aromatic carbocycles. The molecule has 1 fully saturated rings. The van der Waals surface area contributed by atoms with Gasteiger partial charge in [0.05, 0.1) is 4.47 Å². The van der Waals surface area contributed by atoms with E-state index in [-0.39, 0.29) is 11.6 Å². The van der Waals surface area contributed by atoms with Crippen molar-refractivity contribution in [2.24, 2.45) is 5.92 Å². The average molecular weight is 304 g/mol. The number of benzene rings is 1. The highest BCUT2D eigenvalue weighted by Gasteiger charge is 2.29. The van der Waals surface area contributed by atoms with Crippen molar-refractivity contribution >= 4 is 15.9 Å². The summed E-state index contributed by atoms with van der Waals surface area (Å²) in [4.78, 5) is 0. The van der Waals surface area contributed by atoms with Crippen LogP contribution in [0.15, 0.2) is 16.6 Å². The van der Waals surface area contributed by atoms with Crippen LogP contribution in [-0.2, 0) is 0 Å². The molecule has 1 N–H and O–H groups in total. The van der Waals surface area contributed by atoms with E-state index in [0.29, 0.717) is 16.9 Å². The molecule has 1 atom stereocenters. The van der Waals surface area contributed by atoms with Crippen molar-refractivity contribution in [2.45, 2.75) is 32.2 Å². The molecule has 17 heavy (non-hydrogen) atoms. The normalized spacial score (nSPS) is 17.2. The molecule has 2 rings (SSSR count). The smallest absolute Gasteiger partial charge is 0.145 e. The van der Waals surface area contributed by atoms with Gasteiger partial charge >= 0.3 is 0 Å². The van der Waals surface area contributed by atoms with E-state index in [1.807, 2.05) is 6.92 Å². The highest BCUT2D eigenvalue weighted by atomic mass is 79.9. The molecule has 0 aromatic heterocycles. The highest BCUT2D eigenvalue weighted by Crippen LogP contribution is 2.39. The fourth-order valence-electron chi connectivity index (χ4n) is 2.10. The van der Waals surface area contributed by atoms with Crippen LogP contribution in [-0.4, -0.2) is 6.54 Å². The van der Waals surface area contributed by atoms with E-state index in [1.54, 1.807) is 0 Å². The molecule has 0 radical (unpaired) electrons. The lowest BCUT2D eigenvalue weighted by atomic mass is 10.00. The lowest BCUT2D eigenvalue weighted by molar-refractivity contribution is 0.436. The molecule has 0 bridgehead atoms. The number of hydrogen-bond donors (Lipinski definition) is 1. The zero-order chi connectivity index (χ0) is 12.4. The summed E-state index contributed by atoms with van der Waals surface area (Å²) >= 11 is 3.11. The van der Waals surface area contributed by atoms with E-state index in [1.165, 1.54) is 25.0 Å². The van der Waals surface area contributed by atoms with Gasteiger partial charge in [0.15, 0.2) is 0 Å². The molecule has 0 heterocycles. The summed E-state index contributed by atoms with van der Waals surface area (Å²) in [6.45, 7) is 2.66. The van der Waals surface area contributed by atoms with E-state index >= 15 is 0 Å². The van der Waals surface area contributed by atoms with E-state index in [9.17, 15) is 8.78 Å². The van der Waals surface area contributed by atoms with Gasteiger partial charge in [-0.3, -0.25) is 0 Å². The maximum Gasteiger partial charge on any atom is 0.145 e. The van der Waals surface area contributed by atoms with E-state index in [0.717, 1.165) is 6.42 Å². The van der Waals surface area contributed by atoms with Crippen LogP contribution in [0.1, 0.15) is 37.8 Å². The largest absolute Gasteiger partial charge is 0.310 e. The third-order valence-electron chi connectivity index (χ3n) is 3.14. The average Bonchev–Trinajstić information content (AvgIpc) is 3.08. The van der Waals surface area contributed by atoms with Crippen molar-refractivity contribution in [3.63, 3.8) is 0 Å². The first-order valence-corrected chi connectivity index (χ1v) is 6.79. The van der Waals surface area contributed by atoms with Crippen molar-refractivity contribution in [3.8, 4) is 0 Å². The Morgan fingerprint density at radius 3 is 2.71 bits per heavy atom. The van der Waals surface area contributed by atoms with Crippen LogP contribution in [0.5, 0.6) is 0 Å². The summed E-state index contributed by atoms with van der Waals surface area (Å²) < 4.78 is 28.1. The quantitative estimate of drug-likeness (QED) is 0.805. The van der Waals surface area contributed by atoms with Gasteiger partial charge in [-0.1, -0.05) is 19.8 Å². The Kier molecular flexibility index (Phi) is 4.15. The number of hydrogen-bond acceptors (Lipinski definition) is 1. The molecule has 4 heteroatoms. The minimum absolute atomic E-state index is 0.174. The summed E-state index contributed by atoms with van der Waals surface area (Å²) in [5.41, 5.74) is 0.174. The first kappa shape index (κ1) is 13.0. The van der Waals surface area contributed by atoms with Gasteiger partial charge in [0, 0.05) is 11.6 Å². The zero-order valence-electron chi connectivity index (χ0n) is 9.77. The maximum atomic E-state index is 14.0. The van der Waals surface area contributed by atoms with Gasteiger partial charge in [-0.25, -0.2) is 8.78 Å². The predicted molar refractivity (Wildman–Crippen MR) is 67.8 cm³/mol. The summed E-state index contributed by atoms with van der Waals surface area (Å²) in [5, 5.41) is 3.18. The van der Waals surface area contributed by atoms with E-state index < -0.39 is 11.6 Å².